The van der Waals surface area contributed by atoms with Gasteiger partial charge in [-0.05, 0) is 5.19 Å². The molecule has 0 radical (unpaired) electrons. The lowest BCUT2D eigenvalue weighted by Crippen LogP contribution is -2.38. The van der Waals surface area contributed by atoms with Crippen LogP contribution in [0.5, 0.6) is 5.88 Å². The predicted molar refractivity (Wildman–Crippen MR) is 58.8 cm³/mol. The van der Waals surface area contributed by atoms with Gasteiger partial charge in [-0.3, -0.25) is 0 Å². The summed E-state index contributed by atoms with van der Waals surface area (Å²) in [6, 6.07) is 1.94. The zero-order valence-electron chi connectivity index (χ0n) is 8.39. The molecule has 0 atom stereocenters. The maximum Gasteiger partial charge on any atom is 0.212 e. The monoisotopic (exact) mass is 215 g/mol. The summed E-state index contributed by atoms with van der Waals surface area (Å²) in [6.07, 6.45) is 1.66. The van der Waals surface area contributed by atoms with Gasteiger partial charge in [-0.2, -0.15) is 0 Å². The van der Waals surface area contributed by atoms with Crippen LogP contribution in [-0.4, -0.2) is 20.2 Å². The summed E-state index contributed by atoms with van der Waals surface area (Å²) in [6.45, 7) is 6.73. The third-order valence-electron chi connectivity index (χ3n) is 1.85. The average molecular weight is 216 g/mol. The normalized spacial score (nSPS) is 11.5. The fraction of sp³-hybridized carbons (Fsp3) is 0.444. The maximum atomic E-state index is 6.05. The second-order valence-electron chi connectivity index (χ2n) is 3.96. The zero-order valence-corrected chi connectivity index (χ0v) is 10.1. The first-order valence-electron chi connectivity index (χ1n) is 4.15. The molecule has 0 aliphatic carbocycles. The number of rotatable bonds is 2. The summed E-state index contributed by atoms with van der Waals surface area (Å²) >= 11 is 6.05. The Morgan fingerprint density at radius 3 is 2.46 bits per heavy atom. The molecule has 1 heterocycles. The van der Waals surface area contributed by atoms with E-state index in [2.05, 4.69) is 24.6 Å². The highest BCUT2D eigenvalue weighted by atomic mass is 35.5. The lowest BCUT2D eigenvalue weighted by molar-refractivity contribution is 0.398. The van der Waals surface area contributed by atoms with Gasteiger partial charge in [-0.25, -0.2) is 4.98 Å². The van der Waals surface area contributed by atoms with Crippen LogP contribution in [0.15, 0.2) is 12.3 Å². The molecule has 0 fully saturated rings. The highest BCUT2D eigenvalue weighted by molar-refractivity contribution is 6.90. The van der Waals surface area contributed by atoms with Crippen molar-refractivity contribution in [2.45, 2.75) is 19.6 Å². The van der Waals surface area contributed by atoms with Crippen LogP contribution in [0.25, 0.3) is 0 Å². The molecule has 72 valence electrons. The number of methoxy groups -OCH3 is 1. The van der Waals surface area contributed by atoms with Crippen molar-refractivity contribution >= 4 is 24.9 Å². The Balaban J connectivity index is 3.19. The number of halogens is 1. The van der Waals surface area contributed by atoms with Crippen molar-refractivity contribution in [2.75, 3.05) is 7.11 Å². The third-order valence-corrected chi connectivity index (χ3v) is 4.34. The summed E-state index contributed by atoms with van der Waals surface area (Å²) in [4.78, 5) is 4.04. The Bertz CT molecular complexity index is 309. The van der Waals surface area contributed by atoms with Gasteiger partial charge in [0.25, 0.3) is 0 Å². The molecule has 4 heteroatoms. The number of hydrogen-bond acceptors (Lipinski definition) is 2. The molecule has 0 aliphatic rings. The molecule has 0 aliphatic heterocycles. The highest BCUT2D eigenvalue weighted by Gasteiger charge is 2.20. The maximum absolute atomic E-state index is 6.05. The molecule has 13 heavy (non-hydrogen) atoms. The summed E-state index contributed by atoms with van der Waals surface area (Å²) in [7, 11) is 0.238. The van der Waals surface area contributed by atoms with Crippen LogP contribution in [0.4, 0.5) is 0 Å². The average Bonchev–Trinajstić information content (AvgIpc) is 2.03. The van der Waals surface area contributed by atoms with E-state index in [4.69, 9.17) is 16.3 Å². The van der Waals surface area contributed by atoms with Crippen LogP contribution in [0.3, 0.4) is 0 Å². The lowest BCUT2D eigenvalue weighted by atomic mass is 10.5. The molecule has 0 saturated heterocycles. The van der Waals surface area contributed by atoms with Crippen LogP contribution in [0.2, 0.25) is 24.7 Å². The second-order valence-corrected chi connectivity index (χ2v) is 9.40. The van der Waals surface area contributed by atoms with Gasteiger partial charge < -0.3 is 4.74 Å². The Hall–Kier alpha value is -0.543. The minimum Gasteiger partial charge on any atom is -0.481 e. The largest absolute Gasteiger partial charge is 0.481 e. The van der Waals surface area contributed by atoms with E-state index in [0.29, 0.717) is 5.88 Å². The van der Waals surface area contributed by atoms with Gasteiger partial charge in [0.1, 0.15) is 0 Å². The Morgan fingerprint density at radius 1 is 1.38 bits per heavy atom. The first-order chi connectivity index (χ1) is 5.95. The second kappa shape index (κ2) is 3.68. The number of hydrogen-bond donors (Lipinski definition) is 0. The molecular formula is C9H14ClNOSi. The number of aromatic nitrogens is 1. The Kier molecular flexibility index (Phi) is 2.98. The lowest BCUT2D eigenvalue weighted by Gasteiger charge is -2.18. The quantitative estimate of drug-likeness (QED) is 0.707. The van der Waals surface area contributed by atoms with Crippen molar-refractivity contribution in [3.8, 4) is 5.88 Å². The number of pyridine rings is 1. The molecule has 0 N–H and O–H groups in total. The van der Waals surface area contributed by atoms with Crippen LogP contribution >= 0.6 is 11.6 Å². The van der Waals surface area contributed by atoms with E-state index in [1.807, 2.05) is 6.07 Å². The van der Waals surface area contributed by atoms with Crippen LogP contribution in [0.1, 0.15) is 0 Å². The van der Waals surface area contributed by atoms with Crippen molar-refractivity contribution in [1.29, 1.82) is 0 Å². The minimum absolute atomic E-state index is 0.641. The predicted octanol–water partition coefficient (Wildman–Crippen LogP) is 2.29. The SMILES string of the molecule is COc1cc([Si](C)(C)C)c(Cl)cn1. The molecule has 2 nitrogen and oxygen atoms in total. The van der Waals surface area contributed by atoms with E-state index in [1.54, 1.807) is 13.3 Å². The zero-order chi connectivity index (χ0) is 10.1. The standard InChI is InChI=1S/C9H14ClNOSi/c1-12-9-5-8(13(2,3)4)7(10)6-11-9/h5-6H,1-4H3. The van der Waals surface area contributed by atoms with Gasteiger partial charge in [-0.1, -0.05) is 31.2 Å². The van der Waals surface area contributed by atoms with E-state index in [9.17, 15) is 0 Å². The molecule has 1 aromatic rings. The van der Waals surface area contributed by atoms with E-state index in [1.165, 1.54) is 5.19 Å². The molecule has 0 saturated carbocycles. The van der Waals surface area contributed by atoms with Gasteiger partial charge in [0.05, 0.1) is 20.2 Å². The molecule has 0 amide bonds. The molecule has 1 rings (SSSR count). The van der Waals surface area contributed by atoms with Crippen LogP contribution in [0, 0.1) is 0 Å². The third kappa shape index (κ3) is 2.45. The van der Waals surface area contributed by atoms with Gasteiger partial charge in [0.2, 0.25) is 5.88 Å². The molecule has 0 unspecified atom stereocenters. The van der Waals surface area contributed by atoms with E-state index >= 15 is 0 Å². The van der Waals surface area contributed by atoms with Crippen LogP contribution < -0.4 is 9.92 Å². The minimum atomic E-state index is -1.38. The van der Waals surface area contributed by atoms with E-state index in [-0.39, 0.29) is 0 Å². The molecule has 0 bridgehead atoms. The first-order valence-corrected chi connectivity index (χ1v) is 8.03. The van der Waals surface area contributed by atoms with Gasteiger partial charge in [0, 0.05) is 12.3 Å². The van der Waals surface area contributed by atoms with Crippen molar-refractivity contribution in [3.63, 3.8) is 0 Å². The number of ether oxygens (including phenoxy) is 1. The van der Waals surface area contributed by atoms with Crippen LogP contribution in [-0.2, 0) is 0 Å². The topological polar surface area (TPSA) is 22.1 Å². The molecule has 0 spiro atoms. The first kappa shape index (κ1) is 10.5. The Labute approximate surface area is 84.9 Å². The van der Waals surface area contributed by atoms with Gasteiger partial charge >= 0.3 is 0 Å². The van der Waals surface area contributed by atoms with Crippen molar-refractivity contribution in [3.05, 3.63) is 17.3 Å². The summed E-state index contributed by atoms with van der Waals surface area (Å²) in [5.41, 5.74) is 0. The number of nitrogens with zero attached hydrogens (tertiary/aromatic N) is 1. The summed E-state index contributed by atoms with van der Waals surface area (Å²) < 4.78 is 5.06. The summed E-state index contributed by atoms with van der Waals surface area (Å²) in [5.74, 6) is 0.641. The Morgan fingerprint density at radius 2 is 2.00 bits per heavy atom. The molecule has 1 aromatic heterocycles. The fourth-order valence-electron chi connectivity index (χ4n) is 1.11. The summed E-state index contributed by atoms with van der Waals surface area (Å²) in [5, 5.41) is 1.95. The van der Waals surface area contributed by atoms with Crippen molar-refractivity contribution < 1.29 is 4.74 Å². The molecular weight excluding hydrogens is 202 g/mol. The van der Waals surface area contributed by atoms with Gasteiger partial charge in [0.15, 0.2) is 0 Å². The fourth-order valence-corrected chi connectivity index (χ4v) is 3.40. The van der Waals surface area contributed by atoms with E-state index in [0.717, 1.165) is 5.02 Å². The molecule has 0 aromatic carbocycles. The van der Waals surface area contributed by atoms with Crippen molar-refractivity contribution in [2.24, 2.45) is 0 Å². The highest BCUT2D eigenvalue weighted by Crippen LogP contribution is 2.15. The smallest absolute Gasteiger partial charge is 0.212 e. The van der Waals surface area contributed by atoms with Crippen molar-refractivity contribution in [1.82, 2.24) is 4.98 Å². The van der Waals surface area contributed by atoms with Gasteiger partial charge in [-0.15, -0.1) is 0 Å². The van der Waals surface area contributed by atoms with E-state index < -0.39 is 8.07 Å².